The molecule has 1 saturated carbocycles. The Labute approximate surface area is 195 Å². The monoisotopic (exact) mass is 451 g/mol. The molecular formula is C26H30ClN3O2. The summed E-state index contributed by atoms with van der Waals surface area (Å²) in [5.41, 5.74) is 3.21. The standard InChI is InChI=1S/C26H30ClN3O2/c1-2-32-26(31)17-19-8-10-20(11-9-19)21-12-14-24(15-13-21)30-25(7-4-16-28-30)29-23-6-3-5-22(27)18-23/h3,5-6,12-16,18-20H,2,4,7-11,17H2,1H3. The molecule has 4 rings (SSSR count). The molecule has 2 aromatic rings. The Hall–Kier alpha value is -2.66. The molecule has 6 heteroatoms. The van der Waals surface area contributed by atoms with Gasteiger partial charge in [0.2, 0.25) is 0 Å². The predicted octanol–water partition coefficient (Wildman–Crippen LogP) is 6.88. The van der Waals surface area contributed by atoms with Crippen LogP contribution in [0.25, 0.3) is 0 Å². The fraction of sp³-hybridized carbons (Fsp3) is 0.423. The fourth-order valence-electron chi connectivity index (χ4n) is 4.56. The number of esters is 1. The first kappa shape index (κ1) is 22.5. The zero-order valence-corrected chi connectivity index (χ0v) is 19.3. The minimum absolute atomic E-state index is 0.0577. The first-order valence-corrected chi connectivity index (χ1v) is 11.9. The Kier molecular flexibility index (Phi) is 7.59. The summed E-state index contributed by atoms with van der Waals surface area (Å²) >= 11 is 6.12. The van der Waals surface area contributed by atoms with E-state index in [1.165, 1.54) is 5.56 Å². The summed E-state index contributed by atoms with van der Waals surface area (Å²) in [5.74, 6) is 1.86. The van der Waals surface area contributed by atoms with Gasteiger partial charge in [-0.15, -0.1) is 0 Å². The van der Waals surface area contributed by atoms with Gasteiger partial charge in [0.25, 0.3) is 0 Å². The topological polar surface area (TPSA) is 54.3 Å². The highest BCUT2D eigenvalue weighted by Gasteiger charge is 2.25. The van der Waals surface area contributed by atoms with Crippen molar-refractivity contribution in [2.45, 2.75) is 57.8 Å². The van der Waals surface area contributed by atoms with Gasteiger partial charge >= 0.3 is 5.97 Å². The molecule has 168 valence electrons. The number of carbonyl (C=O) groups is 1. The normalized spacial score (nSPS) is 22.2. The van der Waals surface area contributed by atoms with Crippen molar-refractivity contribution in [1.29, 1.82) is 0 Å². The first-order chi connectivity index (χ1) is 15.6. The van der Waals surface area contributed by atoms with E-state index in [-0.39, 0.29) is 5.97 Å². The van der Waals surface area contributed by atoms with E-state index in [1.54, 1.807) is 0 Å². The lowest BCUT2D eigenvalue weighted by molar-refractivity contribution is -0.144. The number of aliphatic imine (C=N–C) groups is 1. The van der Waals surface area contributed by atoms with Gasteiger partial charge in [-0.25, -0.2) is 10.0 Å². The molecular weight excluding hydrogens is 422 g/mol. The Morgan fingerprint density at radius 2 is 1.94 bits per heavy atom. The quantitative estimate of drug-likeness (QED) is 0.449. The van der Waals surface area contributed by atoms with E-state index in [9.17, 15) is 4.79 Å². The summed E-state index contributed by atoms with van der Waals surface area (Å²) in [6, 6.07) is 16.3. The second-order valence-corrected chi connectivity index (χ2v) is 8.91. The molecule has 1 aliphatic heterocycles. The molecule has 0 aromatic heterocycles. The lowest BCUT2D eigenvalue weighted by atomic mass is 9.77. The van der Waals surface area contributed by atoms with Crippen LogP contribution in [0.3, 0.4) is 0 Å². The van der Waals surface area contributed by atoms with Crippen LogP contribution in [0, 0.1) is 5.92 Å². The summed E-state index contributed by atoms with van der Waals surface area (Å²) in [4.78, 5) is 16.6. The highest BCUT2D eigenvalue weighted by atomic mass is 35.5. The molecule has 2 aromatic carbocycles. The van der Waals surface area contributed by atoms with E-state index in [0.29, 0.717) is 29.9 Å². The molecule has 0 saturated heterocycles. The van der Waals surface area contributed by atoms with Crippen molar-refractivity contribution in [3.63, 3.8) is 0 Å². The van der Waals surface area contributed by atoms with E-state index in [0.717, 1.165) is 55.7 Å². The van der Waals surface area contributed by atoms with E-state index in [4.69, 9.17) is 21.3 Å². The molecule has 0 bridgehead atoms. The van der Waals surface area contributed by atoms with Crippen LogP contribution in [0.4, 0.5) is 11.4 Å². The van der Waals surface area contributed by atoms with Crippen LogP contribution < -0.4 is 5.01 Å². The third kappa shape index (κ3) is 5.77. The van der Waals surface area contributed by atoms with E-state index in [1.807, 2.05) is 42.4 Å². The maximum absolute atomic E-state index is 11.8. The Bertz CT molecular complexity index is 979. The number of nitrogens with zero attached hydrogens (tertiary/aromatic N) is 3. The van der Waals surface area contributed by atoms with E-state index < -0.39 is 0 Å². The highest BCUT2D eigenvalue weighted by Crippen LogP contribution is 2.38. The number of benzene rings is 2. The van der Waals surface area contributed by atoms with Gasteiger partial charge in [-0.2, -0.15) is 5.10 Å². The van der Waals surface area contributed by atoms with Gasteiger partial charge in [0.1, 0.15) is 5.84 Å². The molecule has 0 radical (unpaired) electrons. The van der Waals surface area contributed by atoms with Gasteiger partial charge in [-0.05, 0) is 86.8 Å². The van der Waals surface area contributed by atoms with Crippen molar-refractivity contribution < 1.29 is 9.53 Å². The number of amidine groups is 1. The van der Waals surface area contributed by atoms with Gasteiger partial charge in [0.15, 0.2) is 0 Å². The zero-order valence-electron chi connectivity index (χ0n) is 18.5. The molecule has 0 amide bonds. The van der Waals surface area contributed by atoms with Gasteiger partial charge in [-0.3, -0.25) is 4.79 Å². The van der Waals surface area contributed by atoms with Crippen molar-refractivity contribution in [3.05, 3.63) is 59.1 Å². The maximum Gasteiger partial charge on any atom is 0.306 e. The van der Waals surface area contributed by atoms with Crippen LogP contribution >= 0.6 is 11.6 Å². The summed E-state index contributed by atoms with van der Waals surface area (Å²) in [6.45, 7) is 2.33. The average Bonchev–Trinajstić information content (AvgIpc) is 2.80. The number of anilines is 1. The number of hydrazone groups is 1. The lowest BCUT2D eigenvalue weighted by Gasteiger charge is -2.29. The summed E-state index contributed by atoms with van der Waals surface area (Å²) in [6.07, 6.45) is 8.61. The number of rotatable bonds is 6. The summed E-state index contributed by atoms with van der Waals surface area (Å²) < 4.78 is 5.11. The van der Waals surface area contributed by atoms with Gasteiger partial charge < -0.3 is 4.74 Å². The summed E-state index contributed by atoms with van der Waals surface area (Å²) in [7, 11) is 0. The van der Waals surface area contributed by atoms with Crippen molar-refractivity contribution in [1.82, 2.24) is 0 Å². The van der Waals surface area contributed by atoms with Gasteiger partial charge in [-0.1, -0.05) is 29.8 Å². The van der Waals surface area contributed by atoms with Crippen LogP contribution in [0.15, 0.2) is 58.6 Å². The lowest BCUT2D eigenvalue weighted by Crippen LogP contribution is -2.28. The van der Waals surface area contributed by atoms with Crippen molar-refractivity contribution in [2.75, 3.05) is 11.6 Å². The molecule has 1 aliphatic carbocycles. The van der Waals surface area contributed by atoms with Gasteiger partial charge in [0.05, 0.1) is 18.0 Å². The third-order valence-electron chi connectivity index (χ3n) is 6.22. The van der Waals surface area contributed by atoms with Crippen LogP contribution in [0.5, 0.6) is 0 Å². The largest absolute Gasteiger partial charge is 0.466 e. The molecule has 0 atom stereocenters. The smallest absolute Gasteiger partial charge is 0.306 e. The average molecular weight is 452 g/mol. The molecule has 5 nitrogen and oxygen atoms in total. The van der Waals surface area contributed by atoms with E-state index in [2.05, 4.69) is 29.4 Å². The summed E-state index contributed by atoms with van der Waals surface area (Å²) in [5, 5.41) is 7.20. The van der Waals surface area contributed by atoms with Crippen LogP contribution in [0.2, 0.25) is 5.02 Å². The second kappa shape index (κ2) is 10.8. The predicted molar refractivity (Wildman–Crippen MR) is 131 cm³/mol. The third-order valence-corrected chi connectivity index (χ3v) is 6.46. The van der Waals surface area contributed by atoms with Crippen LogP contribution in [-0.2, 0) is 9.53 Å². The van der Waals surface area contributed by atoms with E-state index >= 15 is 0 Å². The Morgan fingerprint density at radius 1 is 1.16 bits per heavy atom. The fourth-order valence-corrected chi connectivity index (χ4v) is 4.75. The SMILES string of the molecule is CCOC(=O)CC1CCC(c2ccc(N3N=CCCC3=Nc3cccc(Cl)c3)cc2)CC1. The first-order valence-electron chi connectivity index (χ1n) is 11.5. The molecule has 0 spiro atoms. The number of carbonyl (C=O) groups excluding carboxylic acids is 1. The Balaban J connectivity index is 1.41. The van der Waals surface area contributed by atoms with Crippen molar-refractivity contribution in [2.24, 2.45) is 16.0 Å². The molecule has 2 aliphatic rings. The minimum atomic E-state index is -0.0577. The maximum atomic E-state index is 11.8. The number of halogens is 1. The second-order valence-electron chi connectivity index (χ2n) is 8.47. The molecule has 0 unspecified atom stereocenters. The number of ether oxygens (including phenoxy) is 1. The van der Waals surface area contributed by atoms with Gasteiger partial charge in [0, 0.05) is 24.1 Å². The Morgan fingerprint density at radius 3 is 2.66 bits per heavy atom. The molecule has 1 heterocycles. The molecule has 0 N–H and O–H groups in total. The number of hydrogen-bond acceptors (Lipinski definition) is 4. The zero-order chi connectivity index (χ0) is 22.3. The van der Waals surface area contributed by atoms with Crippen molar-refractivity contribution in [3.8, 4) is 0 Å². The molecule has 1 fully saturated rings. The highest BCUT2D eigenvalue weighted by molar-refractivity contribution is 6.30. The van der Waals surface area contributed by atoms with Crippen LogP contribution in [0.1, 0.15) is 63.4 Å². The minimum Gasteiger partial charge on any atom is -0.466 e. The number of hydrogen-bond donors (Lipinski definition) is 0. The molecule has 32 heavy (non-hydrogen) atoms. The van der Waals surface area contributed by atoms with Crippen LogP contribution in [-0.4, -0.2) is 24.6 Å². The van der Waals surface area contributed by atoms with Crippen molar-refractivity contribution >= 4 is 41.0 Å².